The van der Waals surface area contributed by atoms with Gasteiger partial charge >= 0.3 is 0 Å². The van der Waals surface area contributed by atoms with E-state index in [0.717, 1.165) is 4.88 Å². The van der Waals surface area contributed by atoms with E-state index >= 15 is 0 Å². The Balaban J connectivity index is 2.65. The van der Waals surface area contributed by atoms with Crippen molar-refractivity contribution in [1.29, 1.82) is 5.26 Å². The largest absolute Gasteiger partial charge is 0.303 e. The fourth-order valence-electron chi connectivity index (χ4n) is 1.19. The third-order valence-electron chi connectivity index (χ3n) is 2.03. The van der Waals surface area contributed by atoms with Crippen LogP contribution in [-0.4, -0.2) is 6.04 Å². The molecule has 0 radical (unpaired) electrons. The first-order chi connectivity index (χ1) is 6.67. The molecule has 2 nitrogen and oxygen atoms in total. The molecule has 0 bridgehead atoms. The quantitative estimate of drug-likeness (QED) is 0.769. The monoisotopic (exact) mass is 206 g/mol. The van der Waals surface area contributed by atoms with Crippen LogP contribution in [0.1, 0.15) is 29.6 Å². The fourth-order valence-corrected chi connectivity index (χ4v) is 2.01. The lowest BCUT2D eigenvalue weighted by Gasteiger charge is -2.15. The van der Waals surface area contributed by atoms with Crippen LogP contribution in [0, 0.1) is 11.3 Å². The molecule has 1 heterocycles. The summed E-state index contributed by atoms with van der Waals surface area (Å²) in [4.78, 5) is 1.95. The molecule has 0 saturated heterocycles. The Bertz CT molecular complexity index is 348. The molecule has 0 fully saturated rings. The van der Waals surface area contributed by atoms with E-state index in [1.807, 2.05) is 18.2 Å². The highest BCUT2D eigenvalue weighted by Gasteiger charge is 2.09. The van der Waals surface area contributed by atoms with E-state index in [2.05, 4.69) is 31.8 Å². The van der Waals surface area contributed by atoms with Gasteiger partial charge < -0.3 is 5.32 Å². The molecule has 1 aromatic heterocycles. The highest BCUT2D eigenvalue weighted by Crippen LogP contribution is 2.22. The molecule has 0 aliphatic carbocycles. The van der Waals surface area contributed by atoms with Gasteiger partial charge in [0.1, 0.15) is 10.9 Å². The van der Waals surface area contributed by atoms with Crippen molar-refractivity contribution in [2.45, 2.75) is 25.9 Å². The third kappa shape index (κ3) is 2.69. The van der Waals surface area contributed by atoms with Crippen molar-refractivity contribution in [2.24, 2.45) is 0 Å². The average molecular weight is 206 g/mol. The average Bonchev–Trinajstić information content (AvgIpc) is 2.65. The lowest BCUT2D eigenvalue weighted by molar-refractivity contribution is 0.544. The standard InChI is InChI=1S/C11H14N2S/c1-4-8(2)13-9(3)11-6-5-10(7-12)14-11/h4-6,8-9,13H,1H2,2-3H3. The van der Waals surface area contributed by atoms with Gasteiger partial charge in [-0.1, -0.05) is 6.08 Å². The fraction of sp³-hybridized carbons (Fsp3) is 0.364. The van der Waals surface area contributed by atoms with Gasteiger partial charge in [-0.2, -0.15) is 5.26 Å². The van der Waals surface area contributed by atoms with Gasteiger partial charge in [0, 0.05) is 17.0 Å². The van der Waals surface area contributed by atoms with Crippen LogP contribution in [0.25, 0.3) is 0 Å². The van der Waals surface area contributed by atoms with Crippen molar-refractivity contribution >= 4 is 11.3 Å². The van der Waals surface area contributed by atoms with Gasteiger partial charge in [-0.25, -0.2) is 0 Å². The van der Waals surface area contributed by atoms with Gasteiger partial charge in [0.15, 0.2) is 0 Å². The van der Waals surface area contributed by atoms with E-state index < -0.39 is 0 Å². The minimum atomic E-state index is 0.273. The summed E-state index contributed by atoms with van der Waals surface area (Å²) in [5.41, 5.74) is 0. The van der Waals surface area contributed by atoms with Gasteiger partial charge in [-0.15, -0.1) is 17.9 Å². The van der Waals surface area contributed by atoms with Gasteiger partial charge in [-0.3, -0.25) is 0 Å². The van der Waals surface area contributed by atoms with E-state index in [9.17, 15) is 0 Å². The molecule has 0 spiro atoms. The second-order valence-electron chi connectivity index (χ2n) is 3.23. The van der Waals surface area contributed by atoms with Crippen molar-refractivity contribution in [3.05, 3.63) is 34.5 Å². The Labute approximate surface area is 88.9 Å². The Hall–Kier alpha value is -1.11. The van der Waals surface area contributed by atoms with E-state index in [1.54, 1.807) is 0 Å². The number of rotatable bonds is 4. The first-order valence-electron chi connectivity index (χ1n) is 4.55. The normalized spacial score (nSPS) is 14.4. The Morgan fingerprint density at radius 2 is 2.29 bits per heavy atom. The predicted octanol–water partition coefficient (Wildman–Crippen LogP) is 2.84. The molecule has 14 heavy (non-hydrogen) atoms. The second-order valence-corrected chi connectivity index (χ2v) is 4.34. The number of hydrogen-bond donors (Lipinski definition) is 1. The highest BCUT2D eigenvalue weighted by molar-refractivity contribution is 7.12. The summed E-state index contributed by atoms with van der Waals surface area (Å²) >= 11 is 1.54. The second kappa shape index (κ2) is 4.94. The molecule has 2 unspecified atom stereocenters. The van der Waals surface area contributed by atoms with Crippen molar-refractivity contribution in [1.82, 2.24) is 5.32 Å². The SMILES string of the molecule is C=CC(C)NC(C)c1ccc(C#N)s1. The predicted molar refractivity (Wildman–Crippen MR) is 60.2 cm³/mol. The zero-order valence-corrected chi connectivity index (χ0v) is 9.27. The zero-order valence-electron chi connectivity index (χ0n) is 8.45. The molecule has 1 rings (SSSR count). The van der Waals surface area contributed by atoms with Crippen LogP contribution >= 0.6 is 11.3 Å². The van der Waals surface area contributed by atoms with Crippen molar-refractivity contribution < 1.29 is 0 Å². The summed E-state index contributed by atoms with van der Waals surface area (Å²) in [6, 6.07) is 6.56. The number of nitrogens with zero attached hydrogens (tertiary/aromatic N) is 1. The van der Waals surface area contributed by atoms with Crippen LogP contribution in [0.5, 0.6) is 0 Å². The maximum absolute atomic E-state index is 8.68. The summed E-state index contributed by atoms with van der Waals surface area (Å²) in [5.74, 6) is 0. The smallest absolute Gasteiger partial charge is 0.110 e. The van der Waals surface area contributed by atoms with Gasteiger partial charge in [-0.05, 0) is 26.0 Å². The number of hydrogen-bond acceptors (Lipinski definition) is 3. The number of nitriles is 1. The first-order valence-corrected chi connectivity index (χ1v) is 5.37. The first kappa shape index (κ1) is 11.0. The van der Waals surface area contributed by atoms with Crippen molar-refractivity contribution in [2.75, 3.05) is 0 Å². The summed E-state index contributed by atoms with van der Waals surface area (Å²) in [5, 5.41) is 12.1. The van der Waals surface area contributed by atoms with Crippen LogP contribution in [0.15, 0.2) is 24.8 Å². The molecule has 0 amide bonds. The molecule has 1 aromatic rings. The summed E-state index contributed by atoms with van der Waals surface area (Å²) < 4.78 is 0. The van der Waals surface area contributed by atoms with E-state index in [4.69, 9.17) is 5.26 Å². The maximum Gasteiger partial charge on any atom is 0.110 e. The molecule has 0 aliphatic heterocycles. The lowest BCUT2D eigenvalue weighted by Crippen LogP contribution is -2.26. The topological polar surface area (TPSA) is 35.8 Å². The highest BCUT2D eigenvalue weighted by atomic mass is 32.1. The molecule has 0 aromatic carbocycles. The van der Waals surface area contributed by atoms with Crippen LogP contribution in [0.4, 0.5) is 0 Å². The third-order valence-corrected chi connectivity index (χ3v) is 3.20. The van der Waals surface area contributed by atoms with Crippen molar-refractivity contribution in [3.63, 3.8) is 0 Å². The molecule has 3 heteroatoms. The van der Waals surface area contributed by atoms with E-state index in [1.165, 1.54) is 16.2 Å². The van der Waals surface area contributed by atoms with Crippen LogP contribution in [-0.2, 0) is 0 Å². The molecular formula is C11H14N2S. The van der Waals surface area contributed by atoms with Crippen LogP contribution < -0.4 is 5.32 Å². The number of thiophene rings is 1. The lowest BCUT2D eigenvalue weighted by atomic mass is 10.2. The molecule has 74 valence electrons. The Kier molecular flexibility index (Phi) is 3.87. The summed E-state index contributed by atoms with van der Waals surface area (Å²) in [6.45, 7) is 7.87. The Morgan fingerprint density at radius 1 is 1.57 bits per heavy atom. The van der Waals surface area contributed by atoms with Gasteiger partial charge in [0.05, 0.1) is 0 Å². The molecule has 0 saturated carbocycles. The van der Waals surface area contributed by atoms with E-state index in [-0.39, 0.29) is 12.1 Å². The van der Waals surface area contributed by atoms with Gasteiger partial charge in [0.2, 0.25) is 0 Å². The van der Waals surface area contributed by atoms with Crippen molar-refractivity contribution in [3.8, 4) is 6.07 Å². The summed E-state index contributed by atoms with van der Waals surface area (Å²) in [6.07, 6.45) is 1.87. The van der Waals surface area contributed by atoms with Gasteiger partial charge in [0.25, 0.3) is 0 Å². The minimum Gasteiger partial charge on any atom is -0.303 e. The van der Waals surface area contributed by atoms with Crippen LogP contribution in [0.2, 0.25) is 0 Å². The molecule has 0 aliphatic rings. The minimum absolute atomic E-state index is 0.273. The van der Waals surface area contributed by atoms with E-state index in [0.29, 0.717) is 0 Å². The molecule has 2 atom stereocenters. The Morgan fingerprint density at radius 3 is 2.79 bits per heavy atom. The zero-order chi connectivity index (χ0) is 10.6. The molecular weight excluding hydrogens is 192 g/mol. The van der Waals surface area contributed by atoms with Crippen LogP contribution in [0.3, 0.4) is 0 Å². The molecule has 1 N–H and O–H groups in total. The maximum atomic E-state index is 8.68. The number of nitrogens with one attached hydrogen (secondary N) is 1. The summed E-state index contributed by atoms with van der Waals surface area (Å²) in [7, 11) is 0.